The number of Topliss-reactive ketones (excluding diaryl/α,β-unsaturated/α-hetero) is 1. The lowest BCUT2D eigenvalue weighted by molar-refractivity contribution is 0.0961. The van der Waals surface area contributed by atoms with Gasteiger partial charge in [0.05, 0.1) is 7.05 Å². The van der Waals surface area contributed by atoms with Crippen LogP contribution in [0.1, 0.15) is 29.9 Å². The average Bonchev–Trinajstić information content (AvgIpc) is 2.62. The van der Waals surface area contributed by atoms with Crippen molar-refractivity contribution in [3.8, 4) is 0 Å². The van der Waals surface area contributed by atoms with E-state index in [-0.39, 0.29) is 17.1 Å². The molecule has 1 aliphatic rings. The van der Waals surface area contributed by atoms with Crippen LogP contribution in [0.25, 0.3) is 0 Å². The first-order valence-corrected chi connectivity index (χ1v) is 4.15. The Labute approximate surface area is 75.1 Å². The van der Waals surface area contributed by atoms with Gasteiger partial charge in [-0.1, -0.05) is 0 Å². The van der Waals surface area contributed by atoms with Crippen LogP contribution in [0, 0.1) is 0 Å². The minimum atomic E-state index is -0.281. The third-order valence-corrected chi connectivity index (χ3v) is 2.16. The lowest BCUT2D eigenvalue weighted by atomic mass is 10.1. The van der Waals surface area contributed by atoms with E-state index in [1.165, 1.54) is 4.80 Å². The highest BCUT2D eigenvalue weighted by atomic mass is 16.1. The summed E-state index contributed by atoms with van der Waals surface area (Å²) >= 11 is 0. The molecule has 0 amide bonds. The highest BCUT2D eigenvalue weighted by molar-refractivity contribution is 5.93. The Morgan fingerprint density at radius 1 is 1.69 bits per heavy atom. The van der Waals surface area contributed by atoms with Crippen LogP contribution in [0.3, 0.4) is 0 Å². The normalized spacial score (nSPS) is 18.6. The van der Waals surface area contributed by atoms with Crippen molar-refractivity contribution in [3.05, 3.63) is 5.82 Å². The summed E-state index contributed by atoms with van der Waals surface area (Å²) in [7, 11) is 1.62. The van der Waals surface area contributed by atoms with Crippen LogP contribution < -0.4 is 5.73 Å². The minimum Gasteiger partial charge on any atom is -0.325 e. The zero-order valence-electron chi connectivity index (χ0n) is 7.40. The SMILES string of the molecule is Cn1nnc(C(=O)CC2(N)CC2)n1. The molecule has 0 spiro atoms. The van der Waals surface area contributed by atoms with Gasteiger partial charge in [-0.05, 0) is 18.1 Å². The lowest BCUT2D eigenvalue weighted by Crippen LogP contribution is -2.26. The molecule has 70 valence electrons. The van der Waals surface area contributed by atoms with Gasteiger partial charge in [0.25, 0.3) is 0 Å². The fourth-order valence-corrected chi connectivity index (χ4v) is 1.13. The number of carbonyl (C=O) groups excluding carboxylic acids is 1. The van der Waals surface area contributed by atoms with Gasteiger partial charge in [0.15, 0.2) is 0 Å². The molecular formula is C7H11N5O. The summed E-state index contributed by atoms with van der Waals surface area (Å²) in [6, 6.07) is 0. The van der Waals surface area contributed by atoms with Crippen molar-refractivity contribution in [2.45, 2.75) is 24.8 Å². The molecule has 1 aromatic heterocycles. The fourth-order valence-electron chi connectivity index (χ4n) is 1.13. The maximum Gasteiger partial charge on any atom is 0.240 e. The summed E-state index contributed by atoms with van der Waals surface area (Å²) in [5.41, 5.74) is 5.51. The van der Waals surface area contributed by atoms with E-state index in [0.717, 1.165) is 12.8 Å². The van der Waals surface area contributed by atoms with Crippen LogP contribution in [-0.2, 0) is 7.05 Å². The Morgan fingerprint density at radius 3 is 2.85 bits per heavy atom. The zero-order valence-corrected chi connectivity index (χ0v) is 7.40. The summed E-state index contributed by atoms with van der Waals surface area (Å²) in [5.74, 6) is 0.0484. The largest absolute Gasteiger partial charge is 0.325 e. The number of ketones is 1. The number of aryl methyl sites for hydroxylation is 1. The van der Waals surface area contributed by atoms with E-state index >= 15 is 0 Å². The molecule has 2 N–H and O–H groups in total. The molecule has 1 heterocycles. The quantitative estimate of drug-likeness (QED) is 0.621. The lowest BCUT2D eigenvalue weighted by Gasteiger charge is -2.03. The van der Waals surface area contributed by atoms with E-state index in [4.69, 9.17) is 5.73 Å². The second-order valence-corrected chi connectivity index (χ2v) is 3.56. The maximum absolute atomic E-state index is 11.5. The number of carbonyl (C=O) groups is 1. The molecule has 1 aromatic rings. The molecule has 1 aliphatic carbocycles. The molecule has 1 saturated carbocycles. The molecule has 0 unspecified atom stereocenters. The van der Waals surface area contributed by atoms with Gasteiger partial charge < -0.3 is 5.73 Å². The van der Waals surface area contributed by atoms with E-state index in [2.05, 4.69) is 15.4 Å². The number of tetrazole rings is 1. The molecule has 0 bridgehead atoms. The van der Waals surface area contributed by atoms with Crippen molar-refractivity contribution in [1.29, 1.82) is 0 Å². The maximum atomic E-state index is 11.5. The molecule has 0 saturated heterocycles. The Balaban J connectivity index is 2.05. The van der Waals surface area contributed by atoms with Crippen LogP contribution in [-0.4, -0.2) is 31.5 Å². The van der Waals surface area contributed by atoms with Crippen LogP contribution in [0.4, 0.5) is 0 Å². The first kappa shape index (κ1) is 8.31. The minimum absolute atomic E-state index is 0.117. The van der Waals surface area contributed by atoms with Crippen molar-refractivity contribution < 1.29 is 4.79 Å². The first-order chi connectivity index (χ1) is 6.09. The number of hydrogen-bond donors (Lipinski definition) is 1. The third kappa shape index (κ3) is 1.72. The summed E-state index contributed by atoms with van der Waals surface area (Å²) in [6.45, 7) is 0. The van der Waals surface area contributed by atoms with Gasteiger partial charge in [-0.3, -0.25) is 4.79 Å². The second kappa shape index (κ2) is 2.59. The Morgan fingerprint density at radius 2 is 2.38 bits per heavy atom. The van der Waals surface area contributed by atoms with E-state index in [1.807, 2.05) is 0 Å². The molecule has 1 fully saturated rings. The number of rotatable bonds is 3. The van der Waals surface area contributed by atoms with E-state index in [9.17, 15) is 4.79 Å². The van der Waals surface area contributed by atoms with Crippen molar-refractivity contribution in [3.63, 3.8) is 0 Å². The second-order valence-electron chi connectivity index (χ2n) is 3.56. The molecule has 6 nitrogen and oxygen atoms in total. The van der Waals surface area contributed by atoms with Crippen LogP contribution in [0.15, 0.2) is 0 Å². The predicted molar refractivity (Wildman–Crippen MR) is 43.9 cm³/mol. The molecule has 2 rings (SSSR count). The van der Waals surface area contributed by atoms with E-state index < -0.39 is 0 Å². The third-order valence-electron chi connectivity index (χ3n) is 2.16. The summed E-state index contributed by atoms with van der Waals surface area (Å²) in [4.78, 5) is 12.7. The zero-order chi connectivity index (χ0) is 9.47. The van der Waals surface area contributed by atoms with Crippen LogP contribution in [0.5, 0.6) is 0 Å². The molecule has 0 atom stereocenters. The molecule has 0 radical (unpaired) electrons. The Hall–Kier alpha value is -1.30. The van der Waals surface area contributed by atoms with E-state index in [0.29, 0.717) is 6.42 Å². The van der Waals surface area contributed by atoms with Crippen molar-refractivity contribution in [2.24, 2.45) is 12.8 Å². The Kier molecular flexibility index (Phi) is 1.66. The van der Waals surface area contributed by atoms with Gasteiger partial charge in [0.2, 0.25) is 11.6 Å². The van der Waals surface area contributed by atoms with Crippen LogP contribution in [0.2, 0.25) is 0 Å². The standard InChI is InChI=1S/C7H11N5O/c1-12-10-6(9-11-12)5(13)4-7(8)2-3-7/h2-4,8H2,1H3. The Bertz CT molecular complexity index is 340. The van der Waals surface area contributed by atoms with Gasteiger partial charge in [-0.2, -0.15) is 4.80 Å². The monoisotopic (exact) mass is 181 g/mol. The highest BCUT2D eigenvalue weighted by Crippen LogP contribution is 2.36. The molecular weight excluding hydrogens is 170 g/mol. The van der Waals surface area contributed by atoms with Gasteiger partial charge in [0.1, 0.15) is 0 Å². The first-order valence-electron chi connectivity index (χ1n) is 4.15. The smallest absolute Gasteiger partial charge is 0.240 e. The summed E-state index contributed by atoms with van der Waals surface area (Å²) in [5, 5.41) is 11.0. The van der Waals surface area contributed by atoms with Gasteiger partial charge in [0, 0.05) is 12.0 Å². The predicted octanol–water partition coefficient (Wildman–Crippen LogP) is -0.726. The number of nitrogens with two attached hydrogens (primary N) is 1. The number of nitrogens with zero attached hydrogens (tertiary/aromatic N) is 4. The topological polar surface area (TPSA) is 86.7 Å². The average molecular weight is 181 g/mol. The molecule has 0 aromatic carbocycles. The van der Waals surface area contributed by atoms with Gasteiger partial charge in [-0.25, -0.2) is 0 Å². The summed E-state index contributed by atoms with van der Waals surface area (Å²) < 4.78 is 0. The highest BCUT2D eigenvalue weighted by Gasteiger charge is 2.40. The van der Waals surface area contributed by atoms with Crippen molar-refractivity contribution in [2.75, 3.05) is 0 Å². The number of hydrogen-bond acceptors (Lipinski definition) is 5. The number of aromatic nitrogens is 4. The molecule has 13 heavy (non-hydrogen) atoms. The van der Waals surface area contributed by atoms with Crippen molar-refractivity contribution >= 4 is 5.78 Å². The molecule has 0 aliphatic heterocycles. The molecule has 6 heteroatoms. The van der Waals surface area contributed by atoms with Crippen LogP contribution >= 0.6 is 0 Å². The van der Waals surface area contributed by atoms with Gasteiger partial charge >= 0.3 is 0 Å². The van der Waals surface area contributed by atoms with Crippen molar-refractivity contribution in [1.82, 2.24) is 20.2 Å². The van der Waals surface area contributed by atoms with Gasteiger partial charge in [-0.15, -0.1) is 10.2 Å². The van der Waals surface area contributed by atoms with E-state index in [1.54, 1.807) is 7.05 Å². The fraction of sp³-hybridized carbons (Fsp3) is 0.714. The summed E-state index contributed by atoms with van der Waals surface area (Å²) in [6.07, 6.45) is 2.16.